The lowest BCUT2D eigenvalue weighted by Crippen LogP contribution is -2.22. The molecule has 0 aromatic rings. The van der Waals surface area contributed by atoms with Gasteiger partial charge in [0.25, 0.3) is 0 Å². The van der Waals surface area contributed by atoms with Crippen LogP contribution in [0.3, 0.4) is 0 Å². The number of nitrogens with two attached hydrogens (primary N) is 1. The Labute approximate surface area is 79.5 Å². The molecule has 0 fully saturated rings. The predicted octanol–water partition coefficient (Wildman–Crippen LogP) is 0.411. The van der Waals surface area contributed by atoms with Gasteiger partial charge in [-0.3, -0.25) is 4.57 Å². The van der Waals surface area contributed by atoms with E-state index in [-0.39, 0.29) is 0 Å². The van der Waals surface area contributed by atoms with E-state index in [2.05, 4.69) is 5.32 Å². The second-order valence-electron chi connectivity index (χ2n) is 2.59. The molecular formula is C7H19N2O3P. The molecule has 0 aliphatic rings. The topological polar surface area (TPSA) is 73.6 Å². The molecule has 13 heavy (non-hydrogen) atoms. The van der Waals surface area contributed by atoms with Crippen molar-refractivity contribution >= 4 is 7.60 Å². The summed E-state index contributed by atoms with van der Waals surface area (Å²) in [6, 6.07) is 0. The van der Waals surface area contributed by atoms with E-state index >= 15 is 0 Å². The first-order valence-corrected chi connectivity index (χ1v) is 6.02. The summed E-state index contributed by atoms with van der Waals surface area (Å²) in [6.07, 6.45) is 1.31. The van der Waals surface area contributed by atoms with Crippen molar-refractivity contribution in [3.63, 3.8) is 0 Å². The minimum Gasteiger partial charge on any atom is -0.330 e. The Morgan fingerprint density at radius 1 is 1.31 bits per heavy atom. The Morgan fingerprint density at radius 2 is 1.92 bits per heavy atom. The smallest absolute Gasteiger partial charge is 0.330 e. The highest BCUT2D eigenvalue weighted by atomic mass is 31.2. The Hall–Kier alpha value is 0.0700. The number of nitrogens with one attached hydrogen (secondary N) is 1. The van der Waals surface area contributed by atoms with E-state index in [0.717, 1.165) is 13.0 Å². The fourth-order valence-electron chi connectivity index (χ4n) is 0.825. The first-order valence-electron chi connectivity index (χ1n) is 4.30. The zero-order chi connectivity index (χ0) is 10.2. The van der Waals surface area contributed by atoms with Crippen molar-refractivity contribution in [3.05, 3.63) is 0 Å². The third-order valence-corrected chi connectivity index (χ3v) is 3.56. The second kappa shape index (κ2) is 7.47. The minimum atomic E-state index is -2.82. The molecule has 3 N–H and O–H groups in total. The van der Waals surface area contributed by atoms with Gasteiger partial charge in [0.2, 0.25) is 0 Å². The maximum Gasteiger partial charge on any atom is 0.331 e. The Bertz CT molecular complexity index is 158. The Balaban J connectivity index is 3.45. The van der Waals surface area contributed by atoms with Gasteiger partial charge in [0.15, 0.2) is 0 Å². The van der Waals surface area contributed by atoms with E-state index in [1.807, 2.05) is 0 Å². The SMILES string of the molecule is COP(=O)(CCNCCCN)OC. The molecule has 0 aromatic heterocycles. The van der Waals surface area contributed by atoms with Crippen LogP contribution in [0, 0.1) is 0 Å². The molecule has 0 rings (SSSR count). The van der Waals surface area contributed by atoms with Crippen LogP contribution >= 0.6 is 7.60 Å². The Morgan fingerprint density at radius 3 is 2.38 bits per heavy atom. The molecule has 0 amide bonds. The quantitative estimate of drug-likeness (QED) is 0.448. The Kier molecular flexibility index (Phi) is 7.51. The molecular weight excluding hydrogens is 191 g/mol. The van der Waals surface area contributed by atoms with Crippen molar-refractivity contribution in [2.75, 3.05) is 40.0 Å². The molecule has 0 aliphatic carbocycles. The van der Waals surface area contributed by atoms with Gasteiger partial charge in [0, 0.05) is 20.8 Å². The highest BCUT2D eigenvalue weighted by Crippen LogP contribution is 2.45. The lowest BCUT2D eigenvalue weighted by Gasteiger charge is -2.13. The lowest BCUT2D eigenvalue weighted by atomic mass is 10.4. The first kappa shape index (κ1) is 13.1. The van der Waals surface area contributed by atoms with Crippen LogP contribution in [0.4, 0.5) is 0 Å². The first-order chi connectivity index (χ1) is 6.18. The molecule has 0 atom stereocenters. The van der Waals surface area contributed by atoms with Gasteiger partial charge in [-0.2, -0.15) is 0 Å². The highest BCUT2D eigenvalue weighted by molar-refractivity contribution is 7.53. The summed E-state index contributed by atoms with van der Waals surface area (Å²) in [6.45, 7) is 2.13. The van der Waals surface area contributed by atoms with Crippen molar-refractivity contribution in [1.82, 2.24) is 5.32 Å². The largest absolute Gasteiger partial charge is 0.331 e. The zero-order valence-corrected chi connectivity index (χ0v) is 9.18. The molecule has 80 valence electrons. The number of rotatable bonds is 8. The van der Waals surface area contributed by atoms with Crippen LogP contribution in [-0.2, 0) is 13.6 Å². The van der Waals surface area contributed by atoms with Gasteiger partial charge in [-0.1, -0.05) is 0 Å². The summed E-state index contributed by atoms with van der Waals surface area (Å²) in [5.41, 5.74) is 5.30. The number of hydrogen-bond donors (Lipinski definition) is 2. The summed E-state index contributed by atoms with van der Waals surface area (Å²) in [5, 5.41) is 3.10. The third-order valence-electron chi connectivity index (χ3n) is 1.68. The predicted molar refractivity (Wildman–Crippen MR) is 53.0 cm³/mol. The average molecular weight is 210 g/mol. The van der Waals surface area contributed by atoms with E-state index in [4.69, 9.17) is 14.8 Å². The fourth-order valence-corrected chi connectivity index (χ4v) is 1.77. The number of hydrogen-bond acceptors (Lipinski definition) is 5. The van der Waals surface area contributed by atoms with Crippen LogP contribution in [0.1, 0.15) is 6.42 Å². The standard InChI is InChI=1S/C7H19N2O3P/c1-11-13(10,12-2)7-6-9-5-3-4-8/h9H,3-8H2,1-2H3. The normalized spacial score (nSPS) is 11.9. The van der Waals surface area contributed by atoms with E-state index < -0.39 is 7.60 Å². The van der Waals surface area contributed by atoms with Crippen molar-refractivity contribution in [2.24, 2.45) is 5.73 Å². The molecule has 0 saturated heterocycles. The molecule has 0 saturated carbocycles. The van der Waals surface area contributed by atoms with E-state index in [1.165, 1.54) is 14.2 Å². The van der Waals surface area contributed by atoms with Crippen LogP contribution in [0.5, 0.6) is 0 Å². The molecule has 0 aromatic carbocycles. The highest BCUT2D eigenvalue weighted by Gasteiger charge is 2.19. The maximum atomic E-state index is 11.5. The lowest BCUT2D eigenvalue weighted by molar-refractivity contribution is 0.275. The van der Waals surface area contributed by atoms with Gasteiger partial charge < -0.3 is 20.1 Å². The molecule has 0 heterocycles. The van der Waals surface area contributed by atoms with Gasteiger partial charge >= 0.3 is 7.60 Å². The zero-order valence-electron chi connectivity index (χ0n) is 8.28. The molecule has 0 spiro atoms. The van der Waals surface area contributed by atoms with Gasteiger partial charge in [-0.15, -0.1) is 0 Å². The van der Waals surface area contributed by atoms with Crippen LogP contribution < -0.4 is 11.1 Å². The van der Waals surface area contributed by atoms with Crippen molar-refractivity contribution in [1.29, 1.82) is 0 Å². The maximum absolute atomic E-state index is 11.5. The van der Waals surface area contributed by atoms with Crippen LogP contribution in [0.15, 0.2) is 0 Å². The summed E-state index contributed by atoms with van der Waals surface area (Å²) >= 11 is 0. The van der Waals surface area contributed by atoms with Gasteiger partial charge in [0.1, 0.15) is 0 Å². The van der Waals surface area contributed by atoms with E-state index in [0.29, 0.717) is 19.3 Å². The molecule has 0 aliphatic heterocycles. The monoisotopic (exact) mass is 210 g/mol. The van der Waals surface area contributed by atoms with Crippen LogP contribution in [0.25, 0.3) is 0 Å². The summed E-state index contributed by atoms with van der Waals surface area (Å²) < 4.78 is 21.0. The minimum absolute atomic E-state index is 0.393. The third kappa shape index (κ3) is 6.18. The summed E-state index contributed by atoms with van der Waals surface area (Å²) in [5.74, 6) is 0. The van der Waals surface area contributed by atoms with E-state index in [9.17, 15) is 4.57 Å². The molecule has 0 unspecified atom stereocenters. The van der Waals surface area contributed by atoms with Gasteiger partial charge in [-0.05, 0) is 19.5 Å². The van der Waals surface area contributed by atoms with Crippen molar-refractivity contribution < 1.29 is 13.6 Å². The van der Waals surface area contributed by atoms with Crippen molar-refractivity contribution in [2.45, 2.75) is 6.42 Å². The summed E-state index contributed by atoms with van der Waals surface area (Å²) in [4.78, 5) is 0. The van der Waals surface area contributed by atoms with Crippen molar-refractivity contribution in [3.8, 4) is 0 Å². The molecule has 0 radical (unpaired) electrons. The molecule has 0 bridgehead atoms. The van der Waals surface area contributed by atoms with Crippen LogP contribution in [0.2, 0.25) is 0 Å². The molecule has 6 heteroatoms. The fraction of sp³-hybridized carbons (Fsp3) is 1.00. The molecule has 5 nitrogen and oxygen atoms in total. The summed E-state index contributed by atoms with van der Waals surface area (Å²) in [7, 11) is -0.0375. The van der Waals surface area contributed by atoms with E-state index in [1.54, 1.807) is 0 Å². The van der Waals surface area contributed by atoms with Gasteiger partial charge in [-0.25, -0.2) is 0 Å². The van der Waals surface area contributed by atoms with Gasteiger partial charge in [0.05, 0.1) is 6.16 Å². The average Bonchev–Trinajstić information content (AvgIpc) is 2.17. The second-order valence-corrected chi connectivity index (χ2v) is 4.99. The van der Waals surface area contributed by atoms with Crippen LogP contribution in [-0.4, -0.2) is 40.0 Å².